The number of nitrogens with zero attached hydrogens (tertiary/aromatic N) is 2. The molecule has 3 heterocycles. The van der Waals surface area contributed by atoms with Crippen molar-refractivity contribution in [1.82, 2.24) is 10.2 Å². The van der Waals surface area contributed by atoms with Gasteiger partial charge in [0.05, 0.1) is 19.3 Å². The van der Waals surface area contributed by atoms with Gasteiger partial charge in [0.1, 0.15) is 0 Å². The Morgan fingerprint density at radius 3 is 3.00 bits per heavy atom. The topological polar surface area (TPSA) is 70.3 Å². The van der Waals surface area contributed by atoms with Gasteiger partial charge in [-0.3, -0.25) is 0 Å². The molecule has 2 N–H and O–H groups in total. The predicted octanol–water partition coefficient (Wildman–Crippen LogP) is 0.678. The van der Waals surface area contributed by atoms with Gasteiger partial charge in [-0.25, -0.2) is 0 Å². The zero-order valence-corrected chi connectivity index (χ0v) is 8.42. The van der Waals surface area contributed by atoms with Crippen LogP contribution in [0, 0.1) is 5.41 Å². The highest BCUT2D eigenvalue weighted by Gasteiger charge is 2.52. The maximum Gasteiger partial charge on any atom is 0.295 e. The molecule has 0 radical (unpaired) electrons. The summed E-state index contributed by atoms with van der Waals surface area (Å²) in [6.07, 6.45) is 2.74. The van der Waals surface area contributed by atoms with Crippen LogP contribution < -0.4 is 10.5 Å². The first kappa shape index (κ1) is 8.43. The summed E-state index contributed by atoms with van der Waals surface area (Å²) >= 11 is 1.28. The van der Waals surface area contributed by atoms with Crippen molar-refractivity contribution >= 4 is 16.5 Å². The number of hydrogen-bond donors (Lipinski definition) is 1. The Balaban J connectivity index is 1.59. The van der Waals surface area contributed by atoms with Crippen LogP contribution in [0.15, 0.2) is 0 Å². The van der Waals surface area contributed by atoms with Gasteiger partial charge in [0, 0.05) is 5.41 Å². The fraction of sp³-hybridized carbons (Fsp3) is 0.750. The van der Waals surface area contributed by atoms with E-state index in [1.807, 2.05) is 0 Å². The van der Waals surface area contributed by atoms with Gasteiger partial charge in [-0.15, -0.1) is 5.10 Å². The summed E-state index contributed by atoms with van der Waals surface area (Å²) < 4.78 is 11.0. The van der Waals surface area contributed by atoms with Crippen molar-refractivity contribution < 1.29 is 9.47 Å². The molecule has 3 fully saturated rings. The van der Waals surface area contributed by atoms with E-state index < -0.39 is 0 Å². The van der Waals surface area contributed by atoms with E-state index in [1.54, 1.807) is 0 Å². The Bertz CT molecular complexity index is 343. The third kappa shape index (κ3) is 1.26. The molecule has 2 saturated heterocycles. The summed E-state index contributed by atoms with van der Waals surface area (Å²) in [7, 11) is 0. The normalized spacial score (nSPS) is 34.1. The molecular weight excluding hydrogens is 202 g/mol. The summed E-state index contributed by atoms with van der Waals surface area (Å²) in [6.45, 7) is 1.50. The minimum absolute atomic E-state index is 0.255. The maximum absolute atomic E-state index is 5.54. The summed E-state index contributed by atoms with van der Waals surface area (Å²) in [5.41, 5.74) is 5.70. The molecule has 2 bridgehead atoms. The number of hydrogen-bond acceptors (Lipinski definition) is 6. The minimum atomic E-state index is 0.255. The maximum atomic E-state index is 5.54. The number of nitrogen functional groups attached to an aromatic ring is 1. The molecule has 76 valence electrons. The minimum Gasteiger partial charge on any atom is -0.468 e. The van der Waals surface area contributed by atoms with E-state index in [0.717, 1.165) is 19.4 Å². The summed E-state index contributed by atoms with van der Waals surface area (Å²) in [4.78, 5) is 0. The van der Waals surface area contributed by atoms with E-state index in [-0.39, 0.29) is 5.41 Å². The average molecular weight is 213 g/mol. The van der Waals surface area contributed by atoms with E-state index in [0.29, 0.717) is 23.0 Å². The summed E-state index contributed by atoms with van der Waals surface area (Å²) in [6, 6.07) is 0. The van der Waals surface area contributed by atoms with Crippen molar-refractivity contribution in [1.29, 1.82) is 0 Å². The van der Waals surface area contributed by atoms with Crippen molar-refractivity contribution in [3.8, 4) is 5.19 Å². The number of ether oxygens (including phenoxy) is 2. The number of rotatable bonds is 3. The Morgan fingerprint density at radius 1 is 1.57 bits per heavy atom. The Labute approximate surface area is 85.2 Å². The molecule has 1 aromatic heterocycles. The lowest BCUT2D eigenvalue weighted by atomic mass is 9.71. The van der Waals surface area contributed by atoms with E-state index >= 15 is 0 Å². The number of fused-ring (bicyclic) bond motifs is 1. The van der Waals surface area contributed by atoms with Crippen molar-refractivity contribution in [2.24, 2.45) is 5.41 Å². The van der Waals surface area contributed by atoms with Gasteiger partial charge in [-0.2, -0.15) is 0 Å². The first-order valence-corrected chi connectivity index (χ1v) is 5.41. The largest absolute Gasteiger partial charge is 0.468 e. The van der Waals surface area contributed by atoms with Gasteiger partial charge >= 0.3 is 0 Å². The molecule has 3 aliphatic rings. The molecule has 6 heteroatoms. The molecule has 14 heavy (non-hydrogen) atoms. The lowest BCUT2D eigenvalue weighted by Crippen LogP contribution is -2.38. The molecular formula is C8H11N3O2S. The van der Waals surface area contributed by atoms with Gasteiger partial charge in [-0.1, -0.05) is 5.10 Å². The van der Waals surface area contributed by atoms with Crippen LogP contribution in [0.1, 0.15) is 12.8 Å². The fourth-order valence-corrected chi connectivity index (χ4v) is 2.55. The highest BCUT2D eigenvalue weighted by Crippen LogP contribution is 2.50. The van der Waals surface area contributed by atoms with E-state index in [1.165, 1.54) is 11.3 Å². The molecule has 1 saturated carbocycles. The molecule has 0 aromatic carbocycles. The monoisotopic (exact) mass is 213 g/mol. The SMILES string of the molecule is Nc1nnc(OCC23COC(C2)C3)s1. The van der Waals surface area contributed by atoms with Gasteiger partial charge < -0.3 is 15.2 Å². The Kier molecular flexibility index (Phi) is 1.69. The molecule has 1 aromatic rings. The van der Waals surface area contributed by atoms with Crippen molar-refractivity contribution in [2.45, 2.75) is 18.9 Å². The summed E-state index contributed by atoms with van der Waals surface area (Å²) in [5.74, 6) is 0. The van der Waals surface area contributed by atoms with Crippen LogP contribution in [-0.2, 0) is 4.74 Å². The van der Waals surface area contributed by atoms with Crippen molar-refractivity contribution in [2.75, 3.05) is 18.9 Å². The Morgan fingerprint density at radius 2 is 2.43 bits per heavy atom. The van der Waals surface area contributed by atoms with Gasteiger partial charge in [0.2, 0.25) is 5.13 Å². The third-order valence-corrected chi connectivity index (χ3v) is 3.54. The number of aromatic nitrogens is 2. The first-order chi connectivity index (χ1) is 6.76. The van der Waals surface area contributed by atoms with Crippen LogP contribution in [0.2, 0.25) is 0 Å². The van der Waals surface area contributed by atoms with Crippen LogP contribution in [0.3, 0.4) is 0 Å². The second-order valence-corrected chi connectivity index (χ2v) is 5.01. The van der Waals surface area contributed by atoms with Crippen LogP contribution in [0.25, 0.3) is 0 Å². The number of nitrogens with two attached hydrogens (primary N) is 1. The average Bonchev–Trinajstić information content (AvgIpc) is 2.73. The van der Waals surface area contributed by atoms with Crippen LogP contribution in [0.5, 0.6) is 5.19 Å². The quantitative estimate of drug-likeness (QED) is 0.799. The fourth-order valence-electron chi connectivity index (χ4n) is 2.09. The number of anilines is 1. The molecule has 1 aliphatic carbocycles. The molecule has 0 atom stereocenters. The van der Waals surface area contributed by atoms with Crippen LogP contribution in [-0.4, -0.2) is 29.5 Å². The lowest BCUT2D eigenvalue weighted by Gasteiger charge is -2.34. The molecule has 0 amide bonds. The van der Waals surface area contributed by atoms with Crippen LogP contribution >= 0.6 is 11.3 Å². The van der Waals surface area contributed by atoms with Gasteiger partial charge in [-0.05, 0) is 24.2 Å². The van der Waals surface area contributed by atoms with Crippen molar-refractivity contribution in [3.63, 3.8) is 0 Å². The van der Waals surface area contributed by atoms with E-state index in [4.69, 9.17) is 15.2 Å². The molecule has 0 spiro atoms. The predicted molar refractivity (Wildman–Crippen MR) is 51.2 cm³/mol. The second kappa shape index (κ2) is 2.80. The Hall–Kier alpha value is -0.880. The molecule has 5 nitrogen and oxygen atoms in total. The van der Waals surface area contributed by atoms with Crippen molar-refractivity contribution in [3.05, 3.63) is 0 Å². The van der Waals surface area contributed by atoms with E-state index in [2.05, 4.69) is 10.2 Å². The highest BCUT2D eigenvalue weighted by molar-refractivity contribution is 7.16. The zero-order valence-electron chi connectivity index (χ0n) is 7.60. The van der Waals surface area contributed by atoms with Gasteiger partial charge in [0.25, 0.3) is 5.19 Å². The zero-order chi connectivity index (χ0) is 9.60. The van der Waals surface area contributed by atoms with Gasteiger partial charge in [0.15, 0.2) is 0 Å². The molecule has 4 rings (SSSR count). The molecule has 2 aliphatic heterocycles. The first-order valence-electron chi connectivity index (χ1n) is 4.59. The van der Waals surface area contributed by atoms with E-state index in [9.17, 15) is 0 Å². The third-order valence-electron chi connectivity index (χ3n) is 2.87. The standard InChI is InChI=1S/C8H11N3O2S/c9-6-10-11-7(14-6)13-4-8-1-5(2-8)12-3-8/h5H,1-4H2,(H2,9,10). The summed E-state index contributed by atoms with van der Waals surface area (Å²) in [5, 5.41) is 8.51. The molecule has 0 unspecified atom stereocenters. The highest BCUT2D eigenvalue weighted by atomic mass is 32.1. The van der Waals surface area contributed by atoms with Crippen LogP contribution in [0.4, 0.5) is 5.13 Å². The lowest BCUT2D eigenvalue weighted by molar-refractivity contribution is 0.0818. The second-order valence-electron chi connectivity index (χ2n) is 4.04. The smallest absolute Gasteiger partial charge is 0.295 e.